The van der Waals surface area contributed by atoms with E-state index in [0.717, 1.165) is 6.42 Å². The lowest BCUT2D eigenvalue weighted by molar-refractivity contribution is 1.27. The molecule has 0 aromatic heterocycles. The summed E-state index contributed by atoms with van der Waals surface area (Å²) >= 11 is 0. The summed E-state index contributed by atoms with van der Waals surface area (Å²) in [6.45, 7) is 14.8. The van der Waals surface area contributed by atoms with E-state index >= 15 is 0 Å². The first kappa shape index (κ1) is 20.3. The van der Waals surface area contributed by atoms with Crippen LogP contribution in [0.15, 0.2) is 83.2 Å². The van der Waals surface area contributed by atoms with Crippen LogP contribution in [0, 0.1) is 0 Å². The van der Waals surface area contributed by atoms with E-state index in [-0.39, 0.29) is 0 Å². The minimum atomic E-state index is -2.26. The summed E-state index contributed by atoms with van der Waals surface area (Å²) in [5, 5.41) is 6.34. The van der Waals surface area contributed by atoms with Gasteiger partial charge in [-0.15, -0.1) is 0 Å². The average molecular weight is 408 g/mol. The van der Waals surface area contributed by atoms with Gasteiger partial charge in [-0.05, 0) is 16.8 Å². The zero-order valence-corrected chi connectivity index (χ0v) is 20.6. The van der Waals surface area contributed by atoms with Crippen LogP contribution in [0.2, 0.25) is 39.3 Å². The van der Waals surface area contributed by atoms with Crippen molar-refractivity contribution in [1.82, 2.24) is 4.65 Å². The normalized spacial score (nSPS) is 15.5. The van der Waals surface area contributed by atoms with Gasteiger partial charge in [-0.1, -0.05) is 122 Å². The third-order valence-electron chi connectivity index (χ3n) is 5.17. The van der Waals surface area contributed by atoms with Crippen molar-refractivity contribution in [3.8, 4) is 0 Å². The average Bonchev–Trinajstić information content (AvgIpc) is 3.11. The Morgan fingerprint density at radius 1 is 0.704 bits per heavy atom. The molecule has 0 fully saturated rings. The first-order valence-electron chi connectivity index (χ1n) is 9.96. The van der Waals surface area contributed by atoms with Crippen molar-refractivity contribution in [3.05, 3.63) is 83.2 Å². The molecule has 0 saturated carbocycles. The molecule has 0 radical (unpaired) electrons. The van der Waals surface area contributed by atoms with E-state index in [4.69, 9.17) is 0 Å². The highest BCUT2D eigenvalue weighted by atomic mass is 28.4. The van der Waals surface area contributed by atoms with Crippen molar-refractivity contribution in [3.63, 3.8) is 0 Å². The number of nitrogens with one attached hydrogen (secondary N) is 1. The standard InChI is InChI=1S/C23H33NSi3/c1-25(2,3)22-18-13-19-23(22)27(24-26(4,5)6,20-14-9-7-10-15-20)21-16-11-8-12-17-21/h7-18,24H,19H2,1-6H3. The van der Waals surface area contributed by atoms with Crippen molar-refractivity contribution >= 4 is 34.9 Å². The number of hydrogen-bond donors (Lipinski definition) is 1. The van der Waals surface area contributed by atoms with Crippen molar-refractivity contribution in [2.24, 2.45) is 0 Å². The minimum absolute atomic E-state index is 1.09. The lowest BCUT2D eigenvalue weighted by Crippen LogP contribution is -2.75. The lowest BCUT2D eigenvalue weighted by Gasteiger charge is -2.42. The molecule has 0 unspecified atom stereocenters. The molecule has 142 valence electrons. The van der Waals surface area contributed by atoms with Crippen LogP contribution in [0.3, 0.4) is 0 Å². The van der Waals surface area contributed by atoms with Crippen LogP contribution in [0.5, 0.6) is 0 Å². The zero-order chi connectivity index (χ0) is 19.7. The smallest absolute Gasteiger partial charge is 0.211 e. The van der Waals surface area contributed by atoms with Gasteiger partial charge in [-0.25, -0.2) is 0 Å². The molecule has 1 aliphatic carbocycles. The molecule has 2 aromatic rings. The summed E-state index contributed by atoms with van der Waals surface area (Å²) in [6.07, 6.45) is 5.94. The molecule has 0 atom stereocenters. The minimum Gasteiger partial charge on any atom is -0.349 e. The summed E-state index contributed by atoms with van der Waals surface area (Å²) in [4.78, 5) is 0. The fraction of sp³-hybridized carbons (Fsp3) is 0.304. The Bertz CT molecular complexity index is 801. The van der Waals surface area contributed by atoms with Crippen LogP contribution in [-0.4, -0.2) is 24.5 Å². The van der Waals surface area contributed by atoms with Crippen molar-refractivity contribution in [2.45, 2.75) is 45.7 Å². The molecule has 2 aromatic carbocycles. The number of hydrogen-bond acceptors (Lipinski definition) is 1. The van der Waals surface area contributed by atoms with Gasteiger partial charge in [0.05, 0.1) is 8.07 Å². The highest BCUT2D eigenvalue weighted by Crippen LogP contribution is 2.33. The monoisotopic (exact) mass is 407 g/mol. The van der Waals surface area contributed by atoms with Gasteiger partial charge in [0.25, 0.3) is 0 Å². The zero-order valence-electron chi connectivity index (χ0n) is 17.6. The third kappa shape index (κ3) is 4.19. The topological polar surface area (TPSA) is 12.0 Å². The molecule has 0 spiro atoms. The van der Waals surface area contributed by atoms with Gasteiger partial charge >= 0.3 is 0 Å². The molecule has 1 aliphatic rings. The molecule has 0 bridgehead atoms. The second-order valence-corrected chi connectivity index (χ2v) is 23.4. The third-order valence-corrected chi connectivity index (χ3v) is 15.8. The summed E-state index contributed by atoms with van der Waals surface area (Å²) < 4.78 is 4.35. The van der Waals surface area contributed by atoms with Crippen LogP contribution in [0.4, 0.5) is 0 Å². The number of rotatable bonds is 6. The van der Waals surface area contributed by atoms with E-state index in [2.05, 4.69) is 117 Å². The maximum atomic E-state index is 4.35. The van der Waals surface area contributed by atoms with Crippen LogP contribution < -0.4 is 15.0 Å². The number of benzene rings is 2. The predicted molar refractivity (Wildman–Crippen MR) is 129 cm³/mol. The SMILES string of the molecule is C[Si](C)(C)N[Si](C1=C([Si](C)(C)C)C=CC1)(c1ccccc1)c1ccccc1. The van der Waals surface area contributed by atoms with E-state index in [0.29, 0.717) is 0 Å². The predicted octanol–water partition coefficient (Wildman–Crippen LogP) is 4.84. The molecule has 4 heteroatoms. The molecule has 1 nitrogen and oxygen atoms in total. The Balaban J connectivity index is 2.38. The molecule has 27 heavy (non-hydrogen) atoms. The quantitative estimate of drug-likeness (QED) is 0.675. The Morgan fingerprint density at radius 2 is 1.19 bits per heavy atom. The summed E-state index contributed by atoms with van der Waals surface area (Å²) in [6, 6.07) is 22.6. The van der Waals surface area contributed by atoms with Gasteiger partial charge in [0.2, 0.25) is 8.24 Å². The molecule has 0 heterocycles. The molecule has 0 saturated heterocycles. The lowest BCUT2D eigenvalue weighted by atomic mass is 10.4. The maximum Gasteiger partial charge on any atom is 0.211 e. The first-order valence-corrected chi connectivity index (χ1v) is 19.0. The molecule has 1 N–H and O–H groups in total. The fourth-order valence-corrected chi connectivity index (χ4v) is 17.1. The molecule has 3 rings (SSSR count). The van der Waals surface area contributed by atoms with E-state index in [1.54, 1.807) is 10.4 Å². The Morgan fingerprint density at radius 3 is 1.59 bits per heavy atom. The highest BCUT2D eigenvalue weighted by molar-refractivity contribution is 7.12. The van der Waals surface area contributed by atoms with Crippen LogP contribution in [0.1, 0.15) is 6.42 Å². The molecular formula is C23H33NSi3. The van der Waals surface area contributed by atoms with Gasteiger partial charge in [0.15, 0.2) is 0 Å². The maximum absolute atomic E-state index is 4.35. The van der Waals surface area contributed by atoms with Gasteiger partial charge in [0.1, 0.15) is 8.24 Å². The van der Waals surface area contributed by atoms with E-state index in [9.17, 15) is 0 Å². The molecular weight excluding hydrogens is 375 g/mol. The van der Waals surface area contributed by atoms with Gasteiger partial charge < -0.3 is 4.65 Å². The number of allylic oxidation sites excluding steroid dienone is 4. The van der Waals surface area contributed by atoms with Crippen molar-refractivity contribution in [1.29, 1.82) is 0 Å². The van der Waals surface area contributed by atoms with Crippen molar-refractivity contribution < 1.29 is 0 Å². The van der Waals surface area contributed by atoms with E-state index < -0.39 is 24.5 Å². The van der Waals surface area contributed by atoms with Gasteiger partial charge in [0, 0.05) is 0 Å². The van der Waals surface area contributed by atoms with Crippen LogP contribution in [0.25, 0.3) is 0 Å². The Kier molecular flexibility index (Phi) is 5.64. The van der Waals surface area contributed by atoms with Gasteiger partial charge in [-0.2, -0.15) is 0 Å². The van der Waals surface area contributed by atoms with E-state index in [1.807, 2.05) is 0 Å². The summed E-state index contributed by atoms with van der Waals surface area (Å²) in [5.74, 6) is 0. The second kappa shape index (κ2) is 7.51. The summed E-state index contributed by atoms with van der Waals surface area (Å²) in [7, 11) is -5.24. The molecule has 0 aliphatic heterocycles. The highest BCUT2D eigenvalue weighted by Gasteiger charge is 2.46. The fourth-order valence-electron chi connectivity index (χ4n) is 4.24. The Labute approximate surface area is 168 Å². The van der Waals surface area contributed by atoms with Crippen LogP contribution in [-0.2, 0) is 0 Å². The van der Waals surface area contributed by atoms with Gasteiger partial charge in [-0.3, -0.25) is 0 Å². The summed E-state index contributed by atoms with van der Waals surface area (Å²) in [5.41, 5.74) is 0. The van der Waals surface area contributed by atoms with E-state index in [1.165, 1.54) is 10.4 Å². The van der Waals surface area contributed by atoms with Crippen molar-refractivity contribution in [2.75, 3.05) is 0 Å². The first-order chi connectivity index (χ1) is 12.6. The Hall–Kier alpha value is -1.47. The largest absolute Gasteiger partial charge is 0.349 e. The van der Waals surface area contributed by atoms with Crippen LogP contribution >= 0.6 is 0 Å². The molecule has 0 amide bonds. The second-order valence-electron chi connectivity index (χ2n) is 9.61.